The second-order valence-corrected chi connectivity index (χ2v) is 36.8. The zero-order valence-electron chi connectivity index (χ0n) is 76.0. The highest BCUT2D eigenvalue weighted by Crippen LogP contribution is 2.65. The van der Waals surface area contributed by atoms with E-state index in [1.807, 2.05) is 207 Å². The van der Waals surface area contributed by atoms with Crippen LogP contribution >= 0.6 is 0 Å². The summed E-state index contributed by atoms with van der Waals surface area (Å²) in [6.07, 6.45) is 14.2. The minimum Gasteiger partial charge on any atom is -0.456 e. The maximum Gasteiger partial charge on any atom is 0.227 e. The van der Waals surface area contributed by atoms with Crippen molar-refractivity contribution in [3.05, 3.63) is 439 Å². The summed E-state index contributed by atoms with van der Waals surface area (Å²) in [6, 6.07) is 126. The molecule has 14 heteroatoms. The number of hydrogen-bond acceptors (Lipinski definition) is 14. The summed E-state index contributed by atoms with van der Waals surface area (Å²) in [5, 5.41) is 7.58. The molecule has 0 saturated heterocycles. The van der Waals surface area contributed by atoms with Gasteiger partial charge in [-0.2, -0.15) is 0 Å². The molecule has 24 aromatic rings. The third-order valence-corrected chi connectivity index (χ3v) is 28.6. The van der Waals surface area contributed by atoms with Gasteiger partial charge in [0.1, 0.15) is 27.9 Å². The van der Waals surface area contributed by atoms with Gasteiger partial charge in [0, 0.05) is 146 Å². The molecule has 0 saturated carbocycles. The van der Waals surface area contributed by atoms with E-state index in [9.17, 15) is 0 Å². The summed E-state index contributed by atoms with van der Waals surface area (Å²) < 4.78 is 19.5. The van der Waals surface area contributed by atoms with Gasteiger partial charge >= 0.3 is 0 Å². The zero-order valence-corrected chi connectivity index (χ0v) is 76.0. The largest absolute Gasteiger partial charge is 0.456 e. The average Bonchev–Trinajstić information content (AvgIpc) is 1.49. The van der Waals surface area contributed by atoms with Crippen molar-refractivity contribution in [2.24, 2.45) is 0 Å². The van der Waals surface area contributed by atoms with E-state index in [0.717, 1.165) is 175 Å². The molecule has 4 aliphatic rings. The predicted octanol–water partition coefficient (Wildman–Crippen LogP) is 30.8. The lowest BCUT2D eigenvalue weighted by Gasteiger charge is -2.31. The maximum atomic E-state index is 6.68. The summed E-state index contributed by atoms with van der Waals surface area (Å²) in [5.74, 6) is 4.42. The molecule has 15 aromatic carbocycles. The van der Waals surface area contributed by atoms with Gasteiger partial charge in [0.25, 0.3) is 0 Å². The van der Waals surface area contributed by atoms with Crippen molar-refractivity contribution >= 4 is 76.8 Å². The molecule has 0 radical (unpaired) electrons. The highest BCUT2D eigenvalue weighted by Gasteiger charge is 2.54. The fraction of sp³-hybridized carbons (Fsp3) is 0.0887. The molecule has 0 fully saturated rings. The Bertz CT molecular complexity index is 8860. The van der Waals surface area contributed by atoms with Crippen LogP contribution < -0.4 is 0 Å². The molecule has 0 unspecified atom stereocenters. The third kappa shape index (κ3) is 12.9. The van der Waals surface area contributed by atoms with E-state index in [2.05, 4.69) is 216 Å². The molecule has 0 atom stereocenters. The van der Waals surface area contributed by atoms with Gasteiger partial charge in [-0.3, -0.25) is 9.97 Å². The summed E-state index contributed by atoms with van der Waals surface area (Å²) in [4.78, 5) is 54.6. The van der Waals surface area contributed by atoms with Crippen LogP contribution in [0.25, 0.3) is 223 Å². The Morgan fingerprint density at radius 3 is 1.25 bits per heavy atom. The highest BCUT2D eigenvalue weighted by molar-refractivity contribution is 6.13. The number of furan rings is 3. The normalized spacial score (nSPS) is 13.4. The molecule has 0 aliphatic heterocycles. The summed E-state index contributed by atoms with van der Waals surface area (Å²) >= 11 is 0. The molecule has 9 aromatic heterocycles. The highest BCUT2D eigenvalue weighted by atomic mass is 16.3. The smallest absolute Gasteiger partial charge is 0.227 e. The van der Waals surface area contributed by atoms with E-state index in [0.29, 0.717) is 46.5 Å². The molecule has 0 amide bonds. The number of benzene rings is 15. The summed E-state index contributed by atoms with van der Waals surface area (Å²) in [6.45, 7) is 9.17. The number of fused-ring (bicyclic) bond motifs is 27. The molecule has 14 nitrogen and oxygen atoms in total. The average molecular weight is 1780 g/mol. The van der Waals surface area contributed by atoms with E-state index in [-0.39, 0.29) is 10.8 Å². The van der Waals surface area contributed by atoms with Gasteiger partial charge in [0.05, 0.1) is 16.6 Å². The topological polar surface area (TPSA) is 181 Å². The Kier molecular flexibility index (Phi) is 19.1. The second-order valence-electron chi connectivity index (χ2n) is 36.8. The van der Waals surface area contributed by atoms with E-state index >= 15 is 0 Å². The van der Waals surface area contributed by atoms with E-state index < -0.39 is 5.41 Å². The van der Waals surface area contributed by atoms with Gasteiger partial charge in [0.15, 0.2) is 40.8 Å². The quantitative estimate of drug-likeness (QED) is 0.106. The minimum atomic E-state index is -0.606. The molecule has 4 aliphatic carbocycles. The summed E-state index contributed by atoms with van der Waals surface area (Å²) in [5.41, 5.74) is 35.6. The Morgan fingerprint density at radius 2 is 0.688 bits per heavy atom. The van der Waals surface area contributed by atoms with Gasteiger partial charge in [-0.25, -0.2) is 44.9 Å². The first-order valence-electron chi connectivity index (χ1n) is 47.3. The van der Waals surface area contributed by atoms with Crippen molar-refractivity contribution in [1.29, 1.82) is 0 Å². The van der Waals surface area contributed by atoms with Gasteiger partial charge in [-0.1, -0.05) is 350 Å². The number of hydrogen-bond donors (Lipinski definition) is 0. The molecular weight excluding hydrogens is 1690 g/mol. The van der Waals surface area contributed by atoms with Crippen molar-refractivity contribution < 1.29 is 13.3 Å². The van der Waals surface area contributed by atoms with Gasteiger partial charge in [-0.05, 0) is 145 Å². The molecule has 138 heavy (non-hydrogen) atoms. The number of para-hydroxylation sites is 3. The van der Waals surface area contributed by atoms with E-state index in [1.54, 1.807) is 0 Å². The molecule has 28 rings (SSSR count). The maximum absolute atomic E-state index is 6.68. The third-order valence-electron chi connectivity index (χ3n) is 28.6. The predicted molar refractivity (Wildman–Crippen MR) is 553 cm³/mol. The first kappa shape index (κ1) is 81.3. The lowest BCUT2D eigenvalue weighted by atomic mass is 9.71. The molecular formula is C124H85N11O3. The standard InChI is InChI=1S/C45H26N4O.C41H28N4O.C38H31N3O/c1-3-13-27(14-4-1)42-47-43(28-15-5-2-6-16-28)49-44(48-42)34-25-46-26-38-41(34)33-23-32-31-19-9-12-22-39(31)50-40(32)24-37(33)45(38)35-20-10-7-17-29(35)30-18-8-11-21-36(30)45;1-41(2)34-22-36-31(29-15-9-10-16-35(29)46-36)21-30(34)33-24-42-23-32(37(33)41)25-17-19-28(20-18-25)40-44-38(26-11-5-3-6-12-26)43-39(45-40)27-13-7-4-8-14-27;1-3-20-38(21-4-2)31-16-10-8-14-26(31)27-18-19-28-30-22-25(23-39-37(30)42-35(28)33(27)38)36-40-32-17-11-9-15-29(32)34(41-36)24-12-6-5-7-13-24/h1-26H;3-24H,1-2H3;5-19,22-23H,3-4,20-21H2,1-2H3. The molecule has 0 bridgehead atoms. The number of aromatic nitrogens is 11. The van der Waals surface area contributed by atoms with Gasteiger partial charge in [0.2, 0.25) is 5.71 Å². The fourth-order valence-corrected chi connectivity index (χ4v) is 22.7. The van der Waals surface area contributed by atoms with Crippen LogP contribution in [0.2, 0.25) is 0 Å². The van der Waals surface area contributed by atoms with Crippen LogP contribution in [0.3, 0.4) is 0 Å². The van der Waals surface area contributed by atoms with Crippen molar-refractivity contribution in [2.45, 2.75) is 69.6 Å². The first-order valence-corrected chi connectivity index (χ1v) is 47.3. The van der Waals surface area contributed by atoms with Crippen LogP contribution in [-0.4, -0.2) is 54.8 Å². The fourth-order valence-electron chi connectivity index (χ4n) is 22.7. The lowest BCUT2D eigenvalue weighted by molar-refractivity contribution is 0.433. The van der Waals surface area contributed by atoms with Crippen molar-refractivity contribution in [3.63, 3.8) is 0 Å². The lowest BCUT2D eigenvalue weighted by Crippen LogP contribution is -2.26. The number of nitrogens with zero attached hydrogens (tertiary/aromatic N) is 11. The van der Waals surface area contributed by atoms with Crippen molar-refractivity contribution in [1.82, 2.24) is 54.8 Å². The Labute approximate surface area is 795 Å². The number of rotatable bonds is 13. The van der Waals surface area contributed by atoms with Crippen molar-refractivity contribution in [2.75, 3.05) is 0 Å². The Hall–Kier alpha value is -17.5. The first-order chi connectivity index (χ1) is 68.0. The molecule has 9 heterocycles. The van der Waals surface area contributed by atoms with E-state index in [4.69, 9.17) is 68.1 Å². The zero-order chi connectivity index (χ0) is 91.9. The van der Waals surface area contributed by atoms with E-state index in [1.165, 1.54) is 72.3 Å². The SMILES string of the molecule is CC1(C)c2cc3oc4ccccc4c3cc2-c2cncc(-c3ccc(-c4nc(-c5ccccc5)nc(-c5ccccc5)n4)cc3)c21.CCCC1(CCC)c2ccccc2-c2ccc3c(oc4ncc(-c5nc(-c6ccccc6)c6ccccc6n5)cc43)c21.c1ccc(-c2nc(-c3ccccc3)nc(-c3cncc4c3-c3cc5c(cc3C43c4ccccc4-c4ccccc43)oc3ccccc35)n2)cc1. The Morgan fingerprint density at radius 1 is 0.246 bits per heavy atom. The number of pyridine rings is 3. The summed E-state index contributed by atoms with van der Waals surface area (Å²) in [7, 11) is 0. The van der Waals surface area contributed by atoms with Crippen molar-refractivity contribution in [3.8, 4) is 147 Å². The van der Waals surface area contributed by atoms with Crippen LogP contribution in [-0.2, 0) is 16.2 Å². The van der Waals surface area contributed by atoms with Crippen LogP contribution in [0, 0.1) is 0 Å². The monoisotopic (exact) mass is 1780 g/mol. The van der Waals surface area contributed by atoms with Gasteiger partial charge in [-0.15, -0.1) is 0 Å². The van der Waals surface area contributed by atoms with Crippen LogP contribution in [0.15, 0.2) is 408 Å². The van der Waals surface area contributed by atoms with Gasteiger partial charge < -0.3 is 13.3 Å². The van der Waals surface area contributed by atoms with Crippen LogP contribution in [0.4, 0.5) is 0 Å². The molecule has 654 valence electrons. The Balaban J connectivity index is 0.000000107. The minimum absolute atomic E-state index is 0.0579. The van der Waals surface area contributed by atoms with Crippen LogP contribution in [0.1, 0.15) is 97.9 Å². The molecule has 0 N–H and O–H groups in total. The molecule has 1 spiro atoms. The second kappa shape index (κ2) is 32.4. The van der Waals surface area contributed by atoms with Crippen LogP contribution in [0.5, 0.6) is 0 Å².